The van der Waals surface area contributed by atoms with Gasteiger partial charge in [-0.05, 0) is 18.6 Å². The molecule has 1 aliphatic heterocycles. The summed E-state index contributed by atoms with van der Waals surface area (Å²) in [4.78, 5) is 28.7. The first kappa shape index (κ1) is 16.7. The molecule has 3 rings (SSSR count). The van der Waals surface area contributed by atoms with Crippen LogP contribution < -0.4 is 15.9 Å². The molecule has 2 aromatic heterocycles. The molecule has 0 unspecified atom stereocenters. The Bertz CT molecular complexity index is 888. The Kier molecular flexibility index (Phi) is 4.53. The minimum absolute atomic E-state index is 0.0144. The maximum Gasteiger partial charge on any atom is 0.340 e. The summed E-state index contributed by atoms with van der Waals surface area (Å²) in [6.45, 7) is 1.33. The van der Waals surface area contributed by atoms with Crippen molar-refractivity contribution < 1.29 is 23.8 Å². The molecule has 2 aromatic rings. The summed E-state index contributed by atoms with van der Waals surface area (Å²) < 4.78 is 16.0. The average molecular weight is 344 g/mol. The van der Waals surface area contributed by atoms with Gasteiger partial charge in [-0.3, -0.25) is 9.78 Å². The maximum atomic E-state index is 12.4. The van der Waals surface area contributed by atoms with Crippen LogP contribution in [0, 0.1) is 0 Å². The number of ether oxygens (including phenoxy) is 2. The molecule has 0 bridgehead atoms. The van der Waals surface area contributed by atoms with Gasteiger partial charge in [-0.25, -0.2) is 4.79 Å². The van der Waals surface area contributed by atoms with Gasteiger partial charge in [-0.1, -0.05) is 6.07 Å². The lowest BCUT2D eigenvalue weighted by Crippen LogP contribution is -2.30. The predicted molar refractivity (Wildman–Crippen MR) is 85.5 cm³/mol. The molecule has 25 heavy (non-hydrogen) atoms. The number of aliphatic hydroxyl groups is 1. The molecule has 0 fully saturated rings. The number of carbonyl (C=O) groups is 1. The number of hydrogen-bond acceptors (Lipinski definition) is 8. The van der Waals surface area contributed by atoms with Gasteiger partial charge in [0.1, 0.15) is 17.9 Å². The Morgan fingerprint density at radius 1 is 1.48 bits per heavy atom. The third-order valence-corrected chi connectivity index (χ3v) is 3.68. The number of carbonyl (C=O) groups excluding carboxylic acids is 1. The Morgan fingerprint density at radius 3 is 2.92 bits per heavy atom. The van der Waals surface area contributed by atoms with E-state index in [-0.39, 0.29) is 35.3 Å². The van der Waals surface area contributed by atoms with E-state index >= 15 is 0 Å². The van der Waals surface area contributed by atoms with Gasteiger partial charge in [0.25, 0.3) is 0 Å². The van der Waals surface area contributed by atoms with E-state index in [9.17, 15) is 14.7 Å². The highest BCUT2D eigenvalue weighted by atomic mass is 16.5. The van der Waals surface area contributed by atoms with E-state index in [2.05, 4.69) is 4.98 Å². The fourth-order valence-electron chi connectivity index (χ4n) is 2.65. The molecule has 8 nitrogen and oxygen atoms in total. The fourth-order valence-corrected chi connectivity index (χ4v) is 2.65. The lowest BCUT2D eigenvalue weighted by atomic mass is 9.87. The van der Waals surface area contributed by atoms with Gasteiger partial charge in [0.2, 0.25) is 17.1 Å². The van der Waals surface area contributed by atoms with E-state index in [4.69, 9.17) is 19.6 Å². The van der Waals surface area contributed by atoms with Crippen LogP contribution in [0.15, 0.2) is 51.3 Å². The van der Waals surface area contributed by atoms with Crippen LogP contribution in [-0.2, 0) is 16.1 Å². The summed E-state index contributed by atoms with van der Waals surface area (Å²) in [5.74, 6) is -1.76. The van der Waals surface area contributed by atoms with Gasteiger partial charge in [0.15, 0.2) is 5.76 Å². The molecule has 8 heteroatoms. The average Bonchev–Trinajstić information content (AvgIpc) is 2.62. The third-order valence-electron chi connectivity index (χ3n) is 3.68. The zero-order chi connectivity index (χ0) is 18.0. The molecule has 0 radical (unpaired) electrons. The number of aliphatic hydroxyl groups excluding tert-OH is 1. The van der Waals surface area contributed by atoms with Crippen molar-refractivity contribution in [2.75, 3.05) is 6.61 Å². The second kappa shape index (κ2) is 6.78. The summed E-state index contributed by atoms with van der Waals surface area (Å²) in [6, 6.07) is 4.50. The first-order chi connectivity index (χ1) is 12.1. The van der Waals surface area contributed by atoms with Gasteiger partial charge in [-0.2, -0.15) is 0 Å². The van der Waals surface area contributed by atoms with Crippen LogP contribution in [0.3, 0.4) is 0 Å². The van der Waals surface area contributed by atoms with Gasteiger partial charge in [0, 0.05) is 18.5 Å². The van der Waals surface area contributed by atoms with E-state index in [1.807, 2.05) is 0 Å². The summed E-state index contributed by atoms with van der Waals surface area (Å²) >= 11 is 0. The third kappa shape index (κ3) is 2.99. The van der Waals surface area contributed by atoms with Crippen molar-refractivity contribution in [2.45, 2.75) is 19.4 Å². The lowest BCUT2D eigenvalue weighted by Gasteiger charge is -2.26. The van der Waals surface area contributed by atoms with Crippen molar-refractivity contribution in [3.8, 4) is 5.75 Å². The van der Waals surface area contributed by atoms with Crippen molar-refractivity contribution in [1.29, 1.82) is 0 Å². The molecule has 0 spiro atoms. The highest BCUT2D eigenvalue weighted by Crippen LogP contribution is 2.41. The number of fused-ring (bicyclic) bond motifs is 1. The highest BCUT2D eigenvalue weighted by Gasteiger charge is 2.39. The van der Waals surface area contributed by atoms with Gasteiger partial charge >= 0.3 is 5.97 Å². The van der Waals surface area contributed by atoms with Crippen LogP contribution in [0.4, 0.5) is 0 Å². The standard InChI is InChI=1S/C17H16N2O6/c1-2-23-17(22)13-12(9-4-3-5-19-7-9)15-14(25-16(13)18)11(21)6-10(8-20)24-15/h3-7,12,20H,2,8,18H2,1H3/t12-/m0/s1. The van der Waals surface area contributed by atoms with Crippen molar-refractivity contribution in [2.24, 2.45) is 5.73 Å². The van der Waals surface area contributed by atoms with Crippen LogP contribution in [0.25, 0.3) is 0 Å². The quantitative estimate of drug-likeness (QED) is 0.780. The molecule has 3 N–H and O–H groups in total. The molecule has 0 amide bonds. The summed E-state index contributed by atoms with van der Waals surface area (Å²) in [7, 11) is 0. The monoisotopic (exact) mass is 344 g/mol. The van der Waals surface area contributed by atoms with E-state index in [0.29, 0.717) is 5.56 Å². The number of rotatable bonds is 4. The number of hydrogen-bond donors (Lipinski definition) is 2. The van der Waals surface area contributed by atoms with Crippen LogP contribution in [0.2, 0.25) is 0 Å². The summed E-state index contributed by atoms with van der Waals surface area (Å²) in [5, 5.41) is 9.32. The Balaban J connectivity index is 2.26. The normalized spacial score (nSPS) is 16.2. The van der Waals surface area contributed by atoms with Crippen molar-refractivity contribution in [1.82, 2.24) is 4.98 Å². The maximum absolute atomic E-state index is 12.4. The number of esters is 1. The molecule has 130 valence electrons. The first-order valence-electron chi connectivity index (χ1n) is 7.59. The fraction of sp³-hybridized carbons (Fsp3) is 0.235. The van der Waals surface area contributed by atoms with E-state index in [1.165, 1.54) is 6.20 Å². The number of nitrogens with zero attached hydrogens (tertiary/aromatic N) is 1. The molecular formula is C17H16N2O6. The topological polar surface area (TPSA) is 125 Å². The molecular weight excluding hydrogens is 328 g/mol. The summed E-state index contributed by atoms with van der Waals surface area (Å²) in [5.41, 5.74) is 5.97. The molecule has 0 saturated heterocycles. The van der Waals surface area contributed by atoms with Crippen LogP contribution >= 0.6 is 0 Å². The van der Waals surface area contributed by atoms with Gasteiger partial charge in [0.05, 0.1) is 12.5 Å². The minimum Gasteiger partial charge on any atom is -0.462 e. The van der Waals surface area contributed by atoms with Gasteiger partial charge < -0.3 is 24.7 Å². The van der Waals surface area contributed by atoms with Crippen LogP contribution in [0.1, 0.15) is 29.9 Å². The van der Waals surface area contributed by atoms with E-state index in [1.54, 1.807) is 25.3 Å². The second-order valence-corrected chi connectivity index (χ2v) is 5.25. The minimum atomic E-state index is -0.837. The predicted octanol–water partition coefficient (Wildman–Crippen LogP) is 0.785. The van der Waals surface area contributed by atoms with E-state index < -0.39 is 23.9 Å². The second-order valence-electron chi connectivity index (χ2n) is 5.25. The Hall–Kier alpha value is -3.13. The zero-order valence-electron chi connectivity index (χ0n) is 13.4. The summed E-state index contributed by atoms with van der Waals surface area (Å²) in [6.07, 6.45) is 3.10. The molecule has 0 aliphatic carbocycles. The Morgan fingerprint density at radius 2 is 2.28 bits per heavy atom. The smallest absolute Gasteiger partial charge is 0.340 e. The van der Waals surface area contributed by atoms with Crippen molar-refractivity contribution in [3.05, 3.63) is 69.4 Å². The number of pyridine rings is 1. The molecule has 0 aromatic carbocycles. The van der Waals surface area contributed by atoms with Crippen molar-refractivity contribution >= 4 is 5.97 Å². The van der Waals surface area contributed by atoms with E-state index in [0.717, 1.165) is 6.07 Å². The SMILES string of the molecule is CCOC(=O)C1=C(N)Oc2c(oc(CO)cc2=O)[C@H]1c1cccnc1. The number of nitrogens with two attached hydrogens (primary N) is 1. The molecule has 1 atom stereocenters. The molecule has 1 aliphatic rings. The van der Waals surface area contributed by atoms with Crippen molar-refractivity contribution in [3.63, 3.8) is 0 Å². The van der Waals surface area contributed by atoms with Gasteiger partial charge in [-0.15, -0.1) is 0 Å². The van der Waals surface area contributed by atoms with Crippen LogP contribution in [-0.4, -0.2) is 22.7 Å². The number of aromatic nitrogens is 1. The lowest BCUT2D eigenvalue weighted by molar-refractivity contribution is -0.139. The first-order valence-corrected chi connectivity index (χ1v) is 7.59. The molecule has 3 heterocycles. The molecule has 0 saturated carbocycles. The largest absolute Gasteiger partial charge is 0.462 e. The van der Waals surface area contributed by atoms with Crippen LogP contribution in [0.5, 0.6) is 5.75 Å². The highest BCUT2D eigenvalue weighted by molar-refractivity contribution is 5.92. The zero-order valence-corrected chi connectivity index (χ0v) is 13.4. The Labute approximate surface area is 142 Å².